The lowest BCUT2D eigenvalue weighted by Gasteiger charge is -2.16. The van der Waals surface area contributed by atoms with Gasteiger partial charge in [0.2, 0.25) is 11.8 Å². The highest BCUT2D eigenvalue weighted by molar-refractivity contribution is 8.15. The van der Waals surface area contributed by atoms with Crippen molar-refractivity contribution in [1.82, 2.24) is 4.90 Å². The summed E-state index contributed by atoms with van der Waals surface area (Å²) in [6.45, 7) is 0.261. The molecule has 1 unspecified atom stereocenters. The number of amides is 2. The molecule has 5 nitrogen and oxygen atoms in total. The molecule has 0 radical (unpaired) electrons. The second kappa shape index (κ2) is 10.8. The van der Waals surface area contributed by atoms with E-state index in [1.54, 1.807) is 48.5 Å². The van der Waals surface area contributed by atoms with Gasteiger partial charge < -0.3 is 5.32 Å². The molecule has 9 heteroatoms. The van der Waals surface area contributed by atoms with Crippen LogP contribution < -0.4 is 5.32 Å². The molecule has 1 heterocycles. The summed E-state index contributed by atoms with van der Waals surface area (Å²) in [7, 11) is 0. The monoisotopic (exact) mass is 499 g/mol. The summed E-state index contributed by atoms with van der Waals surface area (Å²) in [6, 6.07) is 18.7. The van der Waals surface area contributed by atoms with Crippen molar-refractivity contribution in [2.45, 2.75) is 18.1 Å². The number of benzene rings is 3. The van der Waals surface area contributed by atoms with Crippen molar-refractivity contribution < 1.29 is 18.4 Å². The third-order valence-electron chi connectivity index (χ3n) is 5.11. The number of hydrogen-bond acceptors (Lipinski definition) is 4. The number of para-hydroxylation sites is 1. The molecule has 0 spiro atoms. The normalized spacial score (nSPS) is 16.8. The summed E-state index contributed by atoms with van der Waals surface area (Å²) in [5.41, 5.74) is 1.47. The third kappa shape index (κ3) is 6.01. The number of aliphatic imine (C=N–C) groups is 1. The molecule has 0 bridgehead atoms. The molecule has 34 heavy (non-hydrogen) atoms. The van der Waals surface area contributed by atoms with Crippen molar-refractivity contribution in [1.29, 1.82) is 0 Å². The number of hydrogen-bond donors (Lipinski definition) is 1. The van der Waals surface area contributed by atoms with Crippen LogP contribution in [-0.4, -0.2) is 33.7 Å². The van der Waals surface area contributed by atoms with Gasteiger partial charge in [0.15, 0.2) is 5.17 Å². The summed E-state index contributed by atoms with van der Waals surface area (Å²) < 4.78 is 27.4. The van der Waals surface area contributed by atoms with Crippen molar-refractivity contribution in [2.24, 2.45) is 4.99 Å². The van der Waals surface area contributed by atoms with Crippen LogP contribution in [0.2, 0.25) is 5.02 Å². The molecular formula is C25H20ClF2N3O2S. The smallest absolute Gasteiger partial charge is 0.242 e. The lowest BCUT2D eigenvalue weighted by atomic mass is 10.1. The van der Waals surface area contributed by atoms with Crippen LogP contribution in [0.15, 0.2) is 77.8 Å². The van der Waals surface area contributed by atoms with E-state index in [2.05, 4.69) is 10.3 Å². The summed E-state index contributed by atoms with van der Waals surface area (Å²) in [5, 5.41) is 2.83. The first-order valence-corrected chi connectivity index (χ1v) is 11.8. The fourth-order valence-corrected chi connectivity index (χ4v) is 4.78. The van der Waals surface area contributed by atoms with E-state index in [0.717, 1.165) is 17.3 Å². The van der Waals surface area contributed by atoms with E-state index in [1.165, 1.54) is 29.2 Å². The third-order valence-corrected chi connectivity index (χ3v) is 6.52. The molecule has 1 N–H and O–H groups in total. The standard InChI is InChI=1S/C25H20ClF2N3O2S/c26-17-4-3-5-19(14-17)29-23(32)15-22-24(33)31(13-12-16-8-10-18(27)11-9-16)25(34-22)30-21-7-2-1-6-20(21)28/h1-11,14,22H,12-13,15H2,(H,29,32). The molecule has 1 aliphatic heterocycles. The second-order valence-electron chi connectivity index (χ2n) is 7.58. The maximum absolute atomic E-state index is 14.2. The minimum atomic E-state index is -0.710. The van der Waals surface area contributed by atoms with Crippen molar-refractivity contribution in [3.05, 3.63) is 95.0 Å². The highest BCUT2D eigenvalue weighted by Crippen LogP contribution is 2.33. The molecule has 0 saturated carbocycles. The Kier molecular flexibility index (Phi) is 7.59. The van der Waals surface area contributed by atoms with Crippen LogP contribution in [0.3, 0.4) is 0 Å². The SMILES string of the molecule is O=C(CC1SC(=Nc2ccccc2F)N(CCc2ccc(F)cc2)C1=O)Nc1cccc(Cl)c1. The Labute approximate surface area is 204 Å². The van der Waals surface area contributed by atoms with Gasteiger partial charge in [0.05, 0.1) is 0 Å². The van der Waals surface area contributed by atoms with Crippen LogP contribution in [-0.2, 0) is 16.0 Å². The minimum absolute atomic E-state index is 0.0840. The summed E-state index contributed by atoms with van der Waals surface area (Å²) in [5.74, 6) is -1.49. The first-order valence-electron chi connectivity index (χ1n) is 10.5. The maximum atomic E-state index is 14.2. The van der Waals surface area contributed by atoms with Gasteiger partial charge in [-0.1, -0.05) is 53.7 Å². The van der Waals surface area contributed by atoms with E-state index < -0.39 is 11.1 Å². The molecular weight excluding hydrogens is 480 g/mol. The van der Waals surface area contributed by atoms with Crippen LogP contribution in [0.5, 0.6) is 0 Å². The summed E-state index contributed by atoms with van der Waals surface area (Å²) in [6.07, 6.45) is 0.365. The van der Waals surface area contributed by atoms with E-state index in [9.17, 15) is 18.4 Å². The van der Waals surface area contributed by atoms with Gasteiger partial charge in [0.1, 0.15) is 22.6 Å². The Morgan fingerprint density at radius 1 is 1.06 bits per heavy atom. The molecule has 0 aliphatic carbocycles. The zero-order valence-corrected chi connectivity index (χ0v) is 19.5. The Morgan fingerprint density at radius 2 is 1.82 bits per heavy atom. The first-order chi connectivity index (χ1) is 16.4. The fraction of sp³-hybridized carbons (Fsp3) is 0.160. The zero-order valence-electron chi connectivity index (χ0n) is 17.9. The largest absolute Gasteiger partial charge is 0.326 e. The van der Waals surface area contributed by atoms with E-state index >= 15 is 0 Å². The van der Waals surface area contributed by atoms with Crippen molar-refractivity contribution >= 4 is 51.7 Å². The predicted octanol–water partition coefficient (Wildman–Crippen LogP) is 5.82. The molecule has 2 amide bonds. The number of anilines is 1. The number of nitrogens with zero attached hydrogens (tertiary/aromatic N) is 2. The van der Waals surface area contributed by atoms with Crippen LogP contribution in [0.4, 0.5) is 20.2 Å². The highest BCUT2D eigenvalue weighted by Gasteiger charge is 2.39. The Hall–Kier alpha value is -3.23. The highest BCUT2D eigenvalue weighted by atomic mass is 35.5. The summed E-state index contributed by atoms with van der Waals surface area (Å²) >= 11 is 7.08. The fourth-order valence-electron chi connectivity index (χ4n) is 3.41. The Morgan fingerprint density at radius 3 is 2.56 bits per heavy atom. The number of halogens is 3. The molecule has 3 aromatic carbocycles. The molecule has 1 aliphatic rings. The maximum Gasteiger partial charge on any atom is 0.242 e. The van der Waals surface area contributed by atoms with E-state index in [-0.39, 0.29) is 36.3 Å². The van der Waals surface area contributed by atoms with Gasteiger partial charge in [-0.3, -0.25) is 14.5 Å². The number of carbonyl (C=O) groups excluding carboxylic acids is 2. The minimum Gasteiger partial charge on any atom is -0.326 e. The number of amidine groups is 1. The van der Waals surface area contributed by atoms with Gasteiger partial charge in [-0.15, -0.1) is 0 Å². The second-order valence-corrected chi connectivity index (χ2v) is 9.19. The predicted molar refractivity (Wildman–Crippen MR) is 131 cm³/mol. The van der Waals surface area contributed by atoms with Crippen molar-refractivity contribution in [3.8, 4) is 0 Å². The van der Waals surface area contributed by atoms with E-state index in [1.807, 2.05) is 0 Å². The molecule has 1 saturated heterocycles. The van der Waals surface area contributed by atoms with E-state index in [0.29, 0.717) is 22.3 Å². The topological polar surface area (TPSA) is 61.8 Å². The Bertz CT molecular complexity index is 1240. The number of carbonyl (C=O) groups is 2. The van der Waals surface area contributed by atoms with Gasteiger partial charge in [-0.25, -0.2) is 13.8 Å². The first kappa shape index (κ1) is 23.9. The average Bonchev–Trinajstić information content (AvgIpc) is 3.09. The molecule has 1 fully saturated rings. The molecule has 174 valence electrons. The van der Waals surface area contributed by atoms with Gasteiger partial charge in [0, 0.05) is 23.7 Å². The quantitative estimate of drug-likeness (QED) is 0.445. The number of nitrogens with one attached hydrogen (secondary N) is 1. The van der Waals surface area contributed by atoms with E-state index in [4.69, 9.17) is 11.6 Å². The molecule has 0 aromatic heterocycles. The van der Waals surface area contributed by atoms with Gasteiger partial charge in [0.25, 0.3) is 0 Å². The van der Waals surface area contributed by atoms with Gasteiger partial charge >= 0.3 is 0 Å². The van der Waals surface area contributed by atoms with Crippen LogP contribution in [0.25, 0.3) is 0 Å². The van der Waals surface area contributed by atoms with Gasteiger partial charge in [-0.2, -0.15) is 0 Å². The lowest BCUT2D eigenvalue weighted by molar-refractivity contribution is -0.128. The molecule has 4 rings (SSSR count). The van der Waals surface area contributed by atoms with Crippen LogP contribution >= 0.6 is 23.4 Å². The molecule has 1 atom stereocenters. The average molecular weight is 500 g/mol. The number of rotatable bonds is 7. The Balaban J connectivity index is 1.52. The molecule has 3 aromatic rings. The van der Waals surface area contributed by atoms with Crippen LogP contribution in [0, 0.1) is 11.6 Å². The zero-order chi connectivity index (χ0) is 24.1. The number of thioether (sulfide) groups is 1. The lowest BCUT2D eigenvalue weighted by Crippen LogP contribution is -2.35. The van der Waals surface area contributed by atoms with Crippen molar-refractivity contribution in [2.75, 3.05) is 11.9 Å². The van der Waals surface area contributed by atoms with Crippen molar-refractivity contribution in [3.63, 3.8) is 0 Å². The summed E-state index contributed by atoms with van der Waals surface area (Å²) in [4.78, 5) is 31.6. The van der Waals surface area contributed by atoms with Gasteiger partial charge in [-0.05, 0) is 54.4 Å². The van der Waals surface area contributed by atoms with Crippen LogP contribution in [0.1, 0.15) is 12.0 Å².